The van der Waals surface area contributed by atoms with E-state index in [9.17, 15) is 14.0 Å². The summed E-state index contributed by atoms with van der Waals surface area (Å²) in [5, 5.41) is 0.534. The molecule has 0 spiro atoms. The molecule has 0 radical (unpaired) electrons. The normalized spacial score (nSPS) is 15.7. The van der Waals surface area contributed by atoms with Crippen molar-refractivity contribution in [2.24, 2.45) is 0 Å². The molecule has 0 bridgehead atoms. The Morgan fingerprint density at radius 2 is 1.90 bits per heavy atom. The maximum atomic E-state index is 13.8. The molecule has 142 valence electrons. The van der Waals surface area contributed by atoms with Gasteiger partial charge >= 0.3 is 0 Å². The summed E-state index contributed by atoms with van der Waals surface area (Å²) in [7, 11) is 0. The summed E-state index contributed by atoms with van der Waals surface area (Å²) in [4.78, 5) is 32.3. The van der Waals surface area contributed by atoms with Crippen LogP contribution in [0.4, 0.5) is 10.2 Å². The zero-order valence-corrected chi connectivity index (χ0v) is 15.6. The number of anilines is 1. The Hall–Kier alpha value is -3.51. The molecule has 1 aliphatic rings. The zero-order chi connectivity index (χ0) is 20.1. The third kappa shape index (κ3) is 2.72. The fourth-order valence-electron chi connectivity index (χ4n) is 3.67. The van der Waals surface area contributed by atoms with Crippen molar-refractivity contribution < 1.29 is 13.6 Å². The minimum atomic E-state index is -0.796. The molecule has 7 heteroatoms. The number of benzene rings is 2. The molecule has 0 fully saturated rings. The average molecular weight is 407 g/mol. The van der Waals surface area contributed by atoms with E-state index in [0.717, 1.165) is 6.07 Å². The third-order valence-electron chi connectivity index (χ3n) is 4.89. The Bertz CT molecular complexity index is 1340. The van der Waals surface area contributed by atoms with Gasteiger partial charge in [0, 0.05) is 11.2 Å². The largest absolute Gasteiger partial charge is 0.450 e. The molecular formula is C22H12ClFN2O3. The highest BCUT2D eigenvalue weighted by molar-refractivity contribution is 6.30. The number of fused-ring (bicyclic) bond motifs is 2. The molecule has 1 atom stereocenters. The van der Waals surface area contributed by atoms with Crippen molar-refractivity contribution in [3.63, 3.8) is 0 Å². The molecule has 1 amide bonds. The predicted octanol–water partition coefficient (Wildman–Crippen LogP) is 4.73. The van der Waals surface area contributed by atoms with Crippen LogP contribution < -0.4 is 10.3 Å². The highest BCUT2D eigenvalue weighted by atomic mass is 35.5. The summed E-state index contributed by atoms with van der Waals surface area (Å²) >= 11 is 6.17. The lowest BCUT2D eigenvalue weighted by atomic mass is 9.98. The van der Waals surface area contributed by atoms with Crippen molar-refractivity contribution in [2.75, 3.05) is 4.90 Å². The Morgan fingerprint density at radius 1 is 1.03 bits per heavy atom. The van der Waals surface area contributed by atoms with Crippen molar-refractivity contribution in [1.82, 2.24) is 4.98 Å². The number of hydrogen-bond donors (Lipinski definition) is 0. The Balaban J connectivity index is 1.84. The Morgan fingerprint density at radius 3 is 2.66 bits per heavy atom. The van der Waals surface area contributed by atoms with E-state index in [2.05, 4.69) is 4.98 Å². The van der Waals surface area contributed by atoms with Gasteiger partial charge in [0.05, 0.1) is 17.0 Å². The van der Waals surface area contributed by atoms with Gasteiger partial charge in [0.25, 0.3) is 5.91 Å². The number of pyridine rings is 1. The average Bonchev–Trinajstić information content (AvgIpc) is 3.02. The van der Waals surface area contributed by atoms with Gasteiger partial charge in [-0.2, -0.15) is 0 Å². The summed E-state index contributed by atoms with van der Waals surface area (Å²) in [6.45, 7) is 0. The van der Waals surface area contributed by atoms with Crippen LogP contribution in [0.3, 0.4) is 0 Å². The van der Waals surface area contributed by atoms with Crippen LogP contribution in [-0.4, -0.2) is 10.9 Å². The van der Waals surface area contributed by atoms with Crippen molar-refractivity contribution in [2.45, 2.75) is 6.04 Å². The lowest BCUT2D eigenvalue weighted by Crippen LogP contribution is -2.30. The highest BCUT2D eigenvalue weighted by Crippen LogP contribution is 2.40. The molecule has 1 aliphatic heterocycles. The topological polar surface area (TPSA) is 63.4 Å². The number of hydrogen-bond acceptors (Lipinski definition) is 4. The first-order valence-electron chi connectivity index (χ1n) is 8.81. The van der Waals surface area contributed by atoms with Crippen LogP contribution in [0, 0.1) is 5.82 Å². The number of carbonyl (C=O) groups is 1. The Labute approximate surface area is 169 Å². The van der Waals surface area contributed by atoms with Crippen LogP contribution in [-0.2, 0) is 0 Å². The maximum Gasteiger partial charge on any atom is 0.296 e. The zero-order valence-electron chi connectivity index (χ0n) is 14.8. The van der Waals surface area contributed by atoms with Gasteiger partial charge in [0.1, 0.15) is 17.2 Å². The predicted molar refractivity (Wildman–Crippen MR) is 107 cm³/mol. The van der Waals surface area contributed by atoms with Crippen molar-refractivity contribution >= 4 is 34.3 Å². The van der Waals surface area contributed by atoms with E-state index in [1.807, 2.05) is 0 Å². The highest BCUT2D eigenvalue weighted by Gasteiger charge is 2.44. The molecule has 29 heavy (non-hydrogen) atoms. The number of amides is 1. The van der Waals surface area contributed by atoms with Crippen LogP contribution in [0.5, 0.6) is 0 Å². The van der Waals surface area contributed by atoms with Crippen molar-refractivity contribution in [3.05, 3.63) is 105 Å². The fraction of sp³-hybridized carbons (Fsp3) is 0.0455. The fourth-order valence-corrected chi connectivity index (χ4v) is 3.87. The molecule has 2 aromatic heterocycles. The molecule has 0 unspecified atom stereocenters. The van der Waals surface area contributed by atoms with Gasteiger partial charge in [-0.15, -0.1) is 0 Å². The molecular weight excluding hydrogens is 395 g/mol. The van der Waals surface area contributed by atoms with Crippen LogP contribution in [0.25, 0.3) is 11.0 Å². The number of aromatic nitrogens is 1. The summed E-state index contributed by atoms with van der Waals surface area (Å²) in [5.41, 5.74) is 0.452. The summed E-state index contributed by atoms with van der Waals surface area (Å²) in [6.07, 6.45) is 1.56. The monoisotopic (exact) mass is 406 g/mol. The van der Waals surface area contributed by atoms with Gasteiger partial charge in [-0.3, -0.25) is 14.5 Å². The van der Waals surface area contributed by atoms with E-state index in [0.29, 0.717) is 16.4 Å². The maximum absolute atomic E-state index is 13.8. The van der Waals surface area contributed by atoms with Gasteiger partial charge in [-0.05, 0) is 48.0 Å². The molecule has 0 aliphatic carbocycles. The van der Waals surface area contributed by atoms with E-state index >= 15 is 0 Å². The quantitative estimate of drug-likeness (QED) is 0.482. The van der Waals surface area contributed by atoms with Crippen LogP contribution in [0.15, 0.2) is 76.1 Å². The van der Waals surface area contributed by atoms with E-state index < -0.39 is 23.2 Å². The first-order valence-corrected chi connectivity index (χ1v) is 9.19. The van der Waals surface area contributed by atoms with E-state index in [4.69, 9.17) is 16.0 Å². The van der Waals surface area contributed by atoms with Gasteiger partial charge in [0.2, 0.25) is 5.76 Å². The van der Waals surface area contributed by atoms with Gasteiger partial charge in [-0.1, -0.05) is 29.8 Å². The molecule has 0 saturated heterocycles. The van der Waals surface area contributed by atoms with Gasteiger partial charge in [-0.25, -0.2) is 9.37 Å². The van der Waals surface area contributed by atoms with Crippen molar-refractivity contribution in [3.8, 4) is 0 Å². The first kappa shape index (κ1) is 17.6. The molecule has 0 saturated carbocycles. The summed E-state index contributed by atoms with van der Waals surface area (Å²) < 4.78 is 19.5. The van der Waals surface area contributed by atoms with Crippen LogP contribution >= 0.6 is 11.6 Å². The summed E-state index contributed by atoms with van der Waals surface area (Å²) in [6, 6.07) is 14.9. The standard InChI is InChI=1S/C22H12ClFN2O3/c23-13-5-3-4-12(10-13)19-18-20(27)15-11-14(24)7-8-16(15)29-21(18)22(28)26(19)17-6-1-2-9-25-17/h1-11,19H/t19-/m0/s1. The number of halogens is 2. The third-order valence-corrected chi connectivity index (χ3v) is 5.13. The lowest BCUT2D eigenvalue weighted by molar-refractivity contribution is 0.0970. The minimum absolute atomic E-state index is 0.0754. The molecule has 0 N–H and O–H groups in total. The van der Waals surface area contributed by atoms with Gasteiger partial charge < -0.3 is 4.42 Å². The Kier molecular flexibility index (Phi) is 3.96. The lowest BCUT2D eigenvalue weighted by Gasteiger charge is -2.24. The second-order valence-electron chi connectivity index (χ2n) is 6.64. The molecule has 2 aromatic carbocycles. The van der Waals surface area contributed by atoms with E-state index in [1.54, 1.807) is 48.7 Å². The van der Waals surface area contributed by atoms with E-state index in [1.165, 1.54) is 17.0 Å². The van der Waals surface area contributed by atoms with Crippen LogP contribution in [0.2, 0.25) is 5.02 Å². The second-order valence-corrected chi connectivity index (χ2v) is 7.07. The van der Waals surface area contributed by atoms with Crippen LogP contribution in [0.1, 0.15) is 27.7 Å². The number of nitrogens with zero attached hydrogens (tertiary/aromatic N) is 2. The number of rotatable bonds is 2. The molecule has 5 rings (SSSR count). The smallest absolute Gasteiger partial charge is 0.296 e. The van der Waals surface area contributed by atoms with E-state index in [-0.39, 0.29) is 22.3 Å². The first-order chi connectivity index (χ1) is 14.0. The SMILES string of the molecule is O=C1c2oc3ccc(F)cc3c(=O)c2[C@H](c2cccc(Cl)c2)N1c1ccccn1. The molecule has 4 aromatic rings. The number of carbonyl (C=O) groups excluding carboxylic acids is 1. The summed E-state index contributed by atoms with van der Waals surface area (Å²) in [5.74, 6) is -0.768. The molecule has 3 heterocycles. The second kappa shape index (κ2) is 6.53. The minimum Gasteiger partial charge on any atom is -0.450 e. The van der Waals surface area contributed by atoms with Gasteiger partial charge in [0.15, 0.2) is 5.43 Å². The molecule has 5 nitrogen and oxygen atoms in total. The van der Waals surface area contributed by atoms with Crippen molar-refractivity contribution in [1.29, 1.82) is 0 Å².